The zero-order valence-corrected chi connectivity index (χ0v) is 13.4. The van der Waals surface area contributed by atoms with E-state index in [1.54, 1.807) is 13.2 Å². The van der Waals surface area contributed by atoms with Crippen LogP contribution in [-0.2, 0) is 5.88 Å². The molecule has 0 atom stereocenters. The molecule has 0 unspecified atom stereocenters. The molecule has 0 saturated carbocycles. The Morgan fingerprint density at radius 3 is 2.81 bits per heavy atom. The van der Waals surface area contributed by atoms with Gasteiger partial charge in [0.25, 0.3) is 0 Å². The van der Waals surface area contributed by atoms with Crippen molar-refractivity contribution in [3.8, 4) is 11.4 Å². The summed E-state index contributed by atoms with van der Waals surface area (Å²) in [5.41, 5.74) is 2.22. The van der Waals surface area contributed by atoms with Crippen molar-refractivity contribution in [3.63, 3.8) is 0 Å². The summed E-state index contributed by atoms with van der Waals surface area (Å²) in [5, 5.41) is 0. The highest BCUT2D eigenvalue weighted by molar-refractivity contribution is 9.10. The van der Waals surface area contributed by atoms with E-state index in [0.717, 1.165) is 15.7 Å². The summed E-state index contributed by atoms with van der Waals surface area (Å²) in [6, 6.07) is 10.2. The molecule has 108 valence electrons. The van der Waals surface area contributed by atoms with Gasteiger partial charge in [-0.2, -0.15) is 0 Å². The molecular formula is C15H11BrClFN2O. The van der Waals surface area contributed by atoms with Crippen molar-refractivity contribution in [2.24, 2.45) is 0 Å². The molecule has 0 bridgehead atoms. The minimum Gasteiger partial charge on any atom is -0.497 e. The molecule has 21 heavy (non-hydrogen) atoms. The molecule has 2 aromatic carbocycles. The molecule has 3 rings (SSSR count). The molecule has 0 spiro atoms. The zero-order chi connectivity index (χ0) is 15.0. The fourth-order valence-corrected chi connectivity index (χ4v) is 2.92. The van der Waals surface area contributed by atoms with Crippen LogP contribution < -0.4 is 4.74 Å². The second-order valence-corrected chi connectivity index (χ2v) is 5.66. The summed E-state index contributed by atoms with van der Waals surface area (Å²) in [6.07, 6.45) is 0. The van der Waals surface area contributed by atoms with Crippen molar-refractivity contribution in [1.82, 2.24) is 9.55 Å². The normalized spacial score (nSPS) is 11.0. The van der Waals surface area contributed by atoms with Gasteiger partial charge in [0, 0.05) is 16.6 Å². The van der Waals surface area contributed by atoms with Crippen LogP contribution >= 0.6 is 27.5 Å². The molecule has 0 amide bonds. The number of hydrogen-bond acceptors (Lipinski definition) is 2. The first-order chi connectivity index (χ1) is 10.1. The molecule has 1 aromatic heterocycles. The Labute approximate surface area is 134 Å². The maximum absolute atomic E-state index is 13.4. The summed E-state index contributed by atoms with van der Waals surface area (Å²) in [5.74, 6) is 1.27. The lowest BCUT2D eigenvalue weighted by molar-refractivity contribution is 0.414. The lowest BCUT2D eigenvalue weighted by atomic mass is 10.2. The van der Waals surface area contributed by atoms with Crippen LogP contribution in [0.1, 0.15) is 5.82 Å². The molecule has 0 aliphatic heterocycles. The monoisotopic (exact) mass is 368 g/mol. The zero-order valence-electron chi connectivity index (χ0n) is 11.1. The van der Waals surface area contributed by atoms with E-state index in [-0.39, 0.29) is 11.7 Å². The maximum Gasteiger partial charge on any atom is 0.129 e. The Hall–Kier alpha value is -1.59. The first-order valence-electron chi connectivity index (χ1n) is 6.20. The molecular weight excluding hydrogens is 359 g/mol. The lowest BCUT2D eigenvalue weighted by Crippen LogP contribution is -2.00. The van der Waals surface area contributed by atoms with Gasteiger partial charge in [-0.1, -0.05) is 15.9 Å². The quantitative estimate of drug-likeness (QED) is 0.627. The Morgan fingerprint density at radius 2 is 2.10 bits per heavy atom. The van der Waals surface area contributed by atoms with Crippen molar-refractivity contribution >= 4 is 38.6 Å². The van der Waals surface area contributed by atoms with Gasteiger partial charge < -0.3 is 4.74 Å². The van der Waals surface area contributed by atoms with Gasteiger partial charge >= 0.3 is 0 Å². The highest BCUT2D eigenvalue weighted by Crippen LogP contribution is 2.28. The Bertz CT molecular complexity index is 819. The minimum absolute atomic E-state index is 0.227. The number of alkyl halides is 1. The number of fused-ring (bicyclic) bond motifs is 1. The average Bonchev–Trinajstić information content (AvgIpc) is 2.83. The van der Waals surface area contributed by atoms with E-state index in [9.17, 15) is 4.39 Å². The number of hydrogen-bond donors (Lipinski definition) is 0. The largest absolute Gasteiger partial charge is 0.497 e. The van der Waals surface area contributed by atoms with E-state index in [0.29, 0.717) is 17.1 Å². The maximum atomic E-state index is 13.4. The summed E-state index contributed by atoms with van der Waals surface area (Å²) in [6.45, 7) is 0. The van der Waals surface area contributed by atoms with Gasteiger partial charge in [0.15, 0.2) is 0 Å². The third-order valence-electron chi connectivity index (χ3n) is 3.16. The van der Waals surface area contributed by atoms with Gasteiger partial charge in [-0.3, -0.25) is 4.57 Å². The minimum atomic E-state index is -0.319. The van der Waals surface area contributed by atoms with Crippen LogP contribution in [-0.4, -0.2) is 16.7 Å². The molecule has 0 fully saturated rings. The van der Waals surface area contributed by atoms with Crippen LogP contribution in [0.2, 0.25) is 0 Å². The van der Waals surface area contributed by atoms with Crippen LogP contribution in [0.3, 0.4) is 0 Å². The van der Waals surface area contributed by atoms with Crippen LogP contribution in [0.4, 0.5) is 4.39 Å². The predicted molar refractivity (Wildman–Crippen MR) is 84.8 cm³/mol. The SMILES string of the molecule is COc1cc(Br)cc(-n2c(CCl)nc3cc(F)ccc32)c1. The number of methoxy groups -OCH3 is 1. The van der Waals surface area contributed by atoms with Gasteiger partial charge in [-0.05, 0) is 24.3 Å². The van der Waals surface area contributed by atoms with Crippen LogP contribution in [0, 0.1) is 5.82 Å². The van der Waals surface area contributed by atoms with E-state index in [2.05, 4.69) is 20.9 Å². The van der Waals surface area contributed by atoms with E-state index in [1.807, 2.05) is 22.8 Å². The molecule has 0 N–H and O–H groups in total. The van der Waals surface area contributed by atoms with Crippen molar-refractivity contribution in [2.75, 3.05) is 7.11 Å². The molecule has 1 heterocycles. The number of halogens is 3. The third kappa shape index (κ3) is 2.63. The first kappa shape index (κ1) is 14.4. The van der Waals surface area contributed by atoms with E-state index >= 15 is 0 Å². The Kier molecular flexibility index (Phi) is 3.87. The molecule has 6 heteroatoms. The van der Waals surface area contributed by atoms with Gasteiger partial charge in [-0.25, -0.2) is 9.37 Å². The van der Waals surface area contributed by atoms with Gasteiger partial charge in [0.2, 0.25) is 0 Å². The highest BCUT2D eigenvalue weighted by Gasteiger charge is 2.13. The average molecular weight is 370 g/mol. The second kappa shape index (κ2) is 5.66. The standard InChI is InChI=1S/C15H11BrClFN2O/c1-21-12-5-9(16)4-11(7-12)20-14-3-2-10(18)6-13(14)19-15(20)8-17/h2-7H,8H2,1H3. The number of aromatic nitrogens is 2. The molecule has 3 nitrogen and oxygen atoms in total. The molecule has 3 aromatic rings. The number of imidazole rings is 1. The van der Waals surface area contributed by atoms with E-state index in [1.165, 1.54) is 12.1 Å². The molecule has 0 saturated heterocycles. The van der Waals surface area contributed by atoms with Crippen molar-refractivity contribution in [3.05, 3.63) is 52.5 Å². The number of nitrogens with zero attached hydrogens (tertiary/aromatic N) is 2. The molecule has 0 radical (unpaired) electrons. The van der Waals surface area contributed by atoms with E-state index in [4.69, 9.17) is 16.3 Å². The summed E-state index contributed by atoms with van der Waals surface area (Å²) < 4.78 is 21.4. The van der Waals surface area contributed by atoms with Crippen molar-refractivity contribution < 1.29 is 9.13 Å². The summed E-state index contributed by atoms with van der Waals surface area (Å²) in [7, 11) is 1.61. The number of rotatable bonds is 3. The lowest BCUT2D eigenvalue weighted by Gasteiger charge is -2.10. The van der Waals surface area contributed by atoms with Gasteiger partial charge in [-0.15, -0.1) is 11.6 Å². The molecule has 0 aliphatic rings. The van der Waals surface area contributed by atoms with Crippen LogP contribution in [0.5, 0.6) is 5.75 Å². The van der Waals surface area contributed by atoms with Crippen LogP contribution in [0.25, 0.3) is 16.7 Å². The van der Waals surface area contributed by atoms with E-state index < -0.39 is 0 Å². The topological polar surface area (TPSA) is 27.1 Å². The van der Waals surface area contributed by atoms with Crippen molar-refractivity contribution in [1.29, 1.82) is 0 Å². The highest BCUT2D eigenvalue weighted by atomic mass is 79.9. The number of ether oxygens (including phenoxy) is 1. The fraction of sp³-hybridized carbons (Fsp3) is 0.133. The predicted octanol–water partition coefficient (Wildman–Crippen LogP) is 4.67. The van der Waals surface area contributed by atoms with Gasteiger partial charge in [0.05, 0.1) is 29.7 Å². The number of benzene rings is 2. The molecule has 0 aliphatic carbocycles. The smallest absolute Gasteiger partial charge is 0.129 e. The summed E-state index contributed by atoms with van der Waals surface area (Å²) in [4.78, 5) is 4.39. The van der Waals surface area contributed by atoms with Crippen LogP contribution in [0.15, 0.2) is 40.9 Å². The fourth-order valence-electron chi connectivity index (χ4n) is 2.28. The Balaban J connectivity index is 2.30. The van der Waals surface area contributed by atoms with Gasteiger partial charge in [0.1, 0.15) is 17.4 Å². The summed E-state index contributed by atoms with van der Waals surface area (Å²) >= 11 is 9.44. The Morgan fingerprint density at radius 1 is 1.29 bits per heavy atom. The third-order valence-corrected chi connectivity index (χ3v) is 3.85. The van der Waals surface area contributed by atoms with Crippen molar-refractivity contribution in [2.45, 2.75) is 5.88 Å². The second-order valence-electron chi connectivity index (χ2n) is 4.48. The first-order valence-corrected chi connectivity index (χ1v) is 7.53.